The van der Waals surface area contributed by atoms with Gasteiger partial charge in [0.2, 0.25) is 11.9 Å². The molecule has 11 nitrogen and oxygen atoms in total. The zero-order valence-corrected chi connectivity index (χ0v) is 28.7. The molecule has 2 saturated heterocycles. The molecule has 1 amide bonds. The predicted molar refractivity (Wildman–Crippen MR) is 180 cm³/mol. The Hall–Kier alpha value is -3.38. The first kappa shape index (κ1) is 35.1. The molecule has 2 aromatic carbocycles. The highest BCUT2D eigenvalue weighted by Crippen LogP contribution is 2.38. The van der Waals surface area contributed by atoms with Crippen molar-refractivity contribution in [2.24, 2.45) is 21.0 Å². The molecular weight excluding hydrogens is 576 g/mol. The summed E-state index contributed by atoms with van der Waals surface area (Å²) in [6, 6.07) is 13.5. The second kappa shape index (κ2) is 12.9. The van der Waals surface area contributed by atoms with Gasteiger partial charge < -0.3 is 11.5 Å². The summed E-state index contributed by atoms with van der Waals surface area (Å²) in [5, 5.41) is 13.3. The molecule has 0 radical (unpaired) electrons. The Kier molecular flexibility index (Phi) is 10.3. The number of amides is 1. The van der Waals surface area contributed by atoms with Crippen LogP contribution in [0.25, 0.3) is 10.8 Å². The number of carbonyl (C=O) groups is 1. The molecule has 2 fully saturated rings. The summed E-state index contributed by atoms with van der Waals surface area (Å²) in [6.45, 7) is 17.1. The fourth-order valence-corrected chi connectivity index (χ4v) is 7.01. The minimum atomic E-state index is -3.47. The first-order valence-corrected chi connectivity index (χ1v) is 17.1. The molecule has 0 atom stereocenters. The molecule has 0 bridgehead atoms. The number of rotatable bonds is 4. The average molecular weight is 629 g/mol. The molecule has 244 valence electrons. The van der Waals surface area contributed by atoms with Crippen LogP contribution in [0.4, 0.5) is 0 Å². The van der Waals surface area contributed by atoms with E-state index in [1.54, 1.807) is 6.07 Å². The number of sulfonamides is 1. The smallest absolute Gasteiger partial charge is 0.258 e. The number of fused-ring (bicyclic) bond motifs is 1. The van der Waals surface area contributed by atoms with Crippen molar-refractivity contribution < 1.29 is 13.2 Å². The van der Waals surface area contributed by atoms with Gasteiger partial charge in [-0.05, 0) is 111 Å². The number of hydrogen-bond donors (Lipinski definition) is 4. The fraction of sp³-hybridized carbons (Fsp3) is 0.594. The van der Waals surface area contributed by atoms with Crippen LogP contribution in [0, 0.1) is 0 Å². The predicted octanol–water partition coefficient (Wildman–Crippen LogP) is 4.65. The van der Waals surface area contributed by atoms with Crippen molar-refractivity contribution in [1.82, 2.24) is 20.8 Å². The number of guanidine groups is 2. The van der Waals surface area contributed by atoms with Gasteiger partial charge in [-0.25, -0.2) is 13.4 Å². The Morgan fingerprint density at radius 1 is 0.773 bits per heavy atom. The molecule has 0 spiro atoms. The molecule has 0 aromatic heterocycles. The second-order valence-corrected chi connectivity index (χ2v) is 16.0. The number of hydrazone groups is 1. The van der Waals surface area contributed by atoms with Crippen LogP contribution in [0.1, 0.15) is 104 Å². The number of hydrogen-bond acceptors (Lipinski definition) is 6. The highest BCUT2D eigenvalue weighted by molar-refractivity contribution is 7.89. The Balaban J connectivity index is 0.000000259. The summed E-state index contributed by atoms with van der Waals surface area (Å²) < 4.78 is 25.6. The largest absolute Gasteiger partial charge is 0.368 e. The summed E-state index contributed by atoms with van der Waals surface area (Å²) >= 11 is 0. The number of nitrogens with one attached hydrogen (secondary N) is 2. The lowest BCUT2D eigenvalue weighted by Gasteiger charge is -2.52. The standard InChI is InChI=1S/C21H28N4O.C11H24N4O2S/c1-20(2)13-8-14-21(3,4)25(20)24-19(22)23-18(26)17-12-7-10-15-9-5-6-11-16(15)17;1-10(2)7-6-8-11(3,4)15(10)13-9(12)14-18(5,16)17/h5-7,9-12H,8,13-14H2,1-4H3,(H3,22,23,24,26);6-8H2,1-5H3,(H3,12,13,14). The van der Waals surface area contributed by atoms with Gasteiger partial charge in [-0.15, -0.1) is 9.50 Å². The molecule has 44 heavy (non-hydrogen) atoms. The highest BCUT2D eigenvalue weighted by Gasteiger charge is 2.42. The molecule has 2 aromatic rings. The van der Waals surface area contributed by atoms with Crippen LogP contribution in [0.5, 0.6) is 0 Å². The molecule has 12 heteroatoms. The molecular formula is C32H52N8O3S. The molecule has 0 aliphatic carbocycles. The molecule has 2 aliphatic heterocycles. The SMILES string of the molecule is CC1(C)CCCC(C)(C)N1N=C(N)NC(=O)c1cccc2ccccc12.CC1(C)CCCC(C)(C)N1NC(N)=NS(C)(=O)=O. The number of piperidine rings is 2. The van der Waals surface area contributed by atoms with Gasteiger partial charge in [-0.2, -0.15) is 0 Å². The lowest BCUT2D eigenvalue weighted by Crippen LogP contribution is -2.66. The van der Waals surface area contributed by atoms with Crippen molar-refractivity contribution in [3.8, 4) is 0 Å². The van der Waals surface area contributed by atoms with Crippen molar-refractivity contribution >= 4 is 38.6 Å². The molecule has 2 heterocycles. The summed E-state index contributed by atoms with van der Waals surface area (Å²) in [4.78, 5) is 12.7. The van der Waals surface area contributed by atoms with Crippen LogP contribution in [-0.2, 0) is 10.0 Å². The van der Waals surface area contributed by atoms with E-state index in [4.69, 9.17) is 11.5 Å². The lowest BCUT2D eigenvalue weighted by atomic mass is 9.82. The fourth-order valence-electron chi connectivity index (χ4n) is 6.61. The first-order valence-electron chi connectivity index (χ1n) is 15.2. The minimum absolute atomic E-state index is 0.0828. The van der Waals surface area contributed by atoms with E-state index in [1.807, 2.05) is 46.4 Å². The van der Waals surface area contributed by atoms with E-state index in [9.17, 15) is 13.2 Å². The van der Waals surface area contributed by atoms with E-state index in [0.717, 1.165) is 55.6 Å². The van der Waals surface area contributed by atoms with Crippen LogP contribution in [0.2, 0.25) is 0 Å². The van der Waals surface area contributed by atoms with Crippen molar-refractivity contribution in [2.45, 2.75) is 116 Å². The third-order valence-electron chi connectivity index (χ3n) is 8.49. The normalized spacial score (nSPS) is 21.6. The average Bonchev–Trinajstić information content (AvgIpc) is 2.87. The van der Waals surface area contributed by atoms with Gasteiger partial charge in [-0.3, -0.25) is 20.5 Å². The Morgan fingerprint density at radius 2 is 1.27 bits per heavy atom. The van der Waals surface area contributed by atoms with Gasteiger partial charge in [-0.1, -0.05) is 36.4 Å². The van der Waals surface area contributed by atoms with Crippen molar-refractivity contribution in [1.29, 1.82) is 0 Å². The van der Waals surface area contributed by atoms with Crippen molar-refractivity contribution in [3.05, 3.63) is 48.0 Å². The molecule has 4 rings (SSSR count). The molecule has 6 N–H and O–H groups in total. The van der Waals surface area contributed by atoms with Gasteiger partial charge in [0.25, 0.3) is 15.9 Å². The van der Waals surface area contributed by atoms with E-state index < -0.39 is 10.0 Å². The molecule has 0 saturated carbocycles. The quantitative estimate of drug-likeness (QED) is 0.281. The number of nitrogens with zero attached hydrogens (tertiary/aromatic N) is 4. The van der Waals surface area contributed by atoms with Crippen molar-refractivity contribution in [2.75, 3.05) is 6.26 Å². The zero-order chi connectivity index (χ0) is 33.1. The highest BCUT2D eigenvalue weighted by atomic mass is 32.2. The summed E-state index contributed by atoms with van der Waals surface area (Å²) in [5.74, 6) is -0.192. The van der Waals surface area contributed by atoms with Gasteiger partial charge >= 0.3 is 0 Å². The summed E-state index contributed by atoms with van der Waals surface area (Å²) in [6.07, 6.45) is 7.46. The maximum Gasteiger partial charge on any atom is 0.258 e. The number of benzene rings is 2. The number of carbonyl (C=O) groups excluding carboxylic acids is 1. The van der Waals surface area contributed by atoms with E-state index >= 15 is 0 Å². The monoisotopic (exact) mass is 628 g/mol. The summed E-state index contributed by atoms with van der Waals surface area (Å²) in [5.41, 5.74) is 14.9. The summed E-state index contributed by atoms with van der Waals surface area (Å²) in [7, 11) is -3.47. The van der Waals surface area contributed by atoms with Gasteiger partial charge in [0.1, 0.15) is 0 Å². The van der Waals surface area contributed by atoms with Crippen LogP contribution in [-0.4, -0.2) is 64.7 Å². The topological polar surface area (TPSA) is 159 Å². The van der Waals surface area contributed by atoms with Crippen LogP contribution < -0.4 is 22.2 Å². The Bertz CT molecular complexity index is 1480. The molecule has 0 unspecified atom stereocenters. The third-order valence-corrected chi connectivity index (χ3v) is 9.01. The van der Waals surface area contributed by atoms with Gasteiger partial charge in [0.15, 0.2) is 0 Å². The molecule has 2 aliphatic rings. The van der Waals surface area contributed by atoms with Crippen molar-refractivity contribution in [3.63, 3.8) is 0 Å². The lowest BCUT2D eigenvalue weighted by molar-refractivity contribution is -0.0512. The maximum absolute atomic E-state index is 12.7. The van der Waals surface area contributed by atoms with E-state index in [0.29, 0.717) is 5.56 Å². The maximum atomic E-state index is 12.7. The number of hydrazine groups is 1. The van der Waals surface area contributed by atoms with Gasteiger partial charge in [0.05, 0.1) is 17.3 Å². The zero-order valence-electron chi connectivity index (χ0n) is 27.9. The second-order valence-electron chi connectivity index (χ2n) is 14.4. The van der Waals surface area contributed by atoms with Crippen LogP contribution >= 0.6 is 0 Å². The van der Waals surface area contributed by atoms with E-state index in [1.165, 1.54) is 0 Å². The third kappa shape index (κ3) is 8.84. The van der Waals surface area contributed by atoms with Gasteiger partial charge in [0, 0.05) is 16.6 Å². The Morgan fingerprint density at radius 3 is 1.82 bits per heavy atom. The van der Waals surface area contributed by atoms with E-state index in [2.05, 4.69) is 75.6 Å². The minimum Gasteiger partial charge on any atom is -0.368 e. The Labute approximate surface area is 263 Å². The van der Waals surface area contributed by atoms with Crippen LogP contribution in [0.3, 0.4) is 0 Å². The van der Waals surface area contributed by atoms with Crippen LogP contribution in [0.15, 0.2) is 52.0 Å². The first-order chi connectivity index (χ1) is 20.1. The number of nitrogens with two attached hydrogens (primary N) is 2. The van der Waals surface area contributed by atoms with E-state index in [-0.39, 0.29) is 40.0 Å².